The van der Waals surface area contributed by atoms with E-state index in [2.05, 4.69) is 32.6 Å². The number of allylic oxidation sites excluding steroid dienone is 1. The minimum Gasteiger partial charge on any atom is -0.492 e. The van der Waals surface area contributed by atoms with Crippen molar-refractivity contribution < 1.29 is 4.74 Å². The van der Waals surface area contributed by atoms with E-state index in [4.69, 9.17) is 10.5 Å². The molecule has 1 heterocycles. The van der Waals surface area contributed by atoms with Crippen LogP contribution in [-0.4, -0.2) is 13.2 Å². The third-order valence-corrected chi connectivity index (χ3v) is 6.04. The Morgan fingerprint density at radius 2 is 2.16 bits per heavy atom. The number of para-hydroxylation sites is 1. The zero-order chi connectivity index (χ0) is 18.0. The van der Waals surface area contributed by atoms with Gasteiger partial charge in [0, 0.05) is 27.4 Å². The highest BCUT2D eigenvalue weighted by molar-refractivity contribution is 7.16. The summed E-state index contributed by atoms with van der Waals surface area (Å²) in [5, 5.41) is 9.53. The lowest BCUT2D eigenvalue weighted by Crippen LogP contribution is -2.21. The first-order valence-electron chi connectivity index (χ1n) is 8.63. The van der Waals surface area contributed by atoms with Crippen LogP contribution in [0.25, 0.3) is 16.0 Å². The van der Waals surface area contributed by atoms with Crippen LogP contribution in [0.1, 0.15) is 36.3 Å². The number of aryl methyl sites for hydroxylation is 1. The van der Waals surface area contributed by atoms with Crippen molar-refractivity contribution in [3.8, 4) is 22.3 Å². The highest BCUT2D eigenvalue weighted by atomic mass is 32.1. The van der Waals surface area contributed by atoms with Gasteiger partial charge in [-0.2, -0.15) is 5.26 Å². The highest BCUT2D eigenvalue weighted by Crippen LogP contribution is 2.48. The van der Waals surface area contributed by atoms with Gasteiger partial charge >= 0.3 is 0 Å². The van der Waals surface area contributed by atoms with Gasteiger partial charge in [0.2, 0.25) is 0 Å². The number of fused-ring (bicyclic) bond motifs is 1. The summed E-state index contributed by atoms with van der Waals surface area (Å²) in [6, 6.07) is 10.3. The smallest absolute Gasteiger partial charge is 0.128 e. The molecule has 0 saturated carbocycles. The van der Waals surface area contributed by atoms with Gasteiger partial charge in [0.05, 0.1) is 11.6 Å². The molecule has 1 aromatic carbocycles. The maximum atomic E-state index is 9.53. The molecular formula is C21H24N2OS. The van der Waals surface area contributed by atoms with E-state index in [1.165, 1.54) is 16.9 Å². The lowest BCUT2D eigenvalue weighted by atomic mass is 9.75. The van der Waals surface area contributed by atoms with Crippen molar-refractivity contribution in [3.63, 3.8) is 0 Å². The van der Waals surface area contributed by atoms with Crippen LogP contribution in [-0.2, 0) is 12.8 Å². The second-order valence-corrected chi connectivity index (χ2v) is 8.38. The van der Waals surface area contributed by atoms with E-state index in [0.717, 1.165) is 34.6 Å². The van der Waals surface area contributed by atoms with Gasteiger partial charge in [-0.1, -0.05) is 32.6 Å². The van der Waals surface area contributed by atoms with Crippen LogP contribution in [0, 0.1) is 16.7 Å². The van der Waals surface area contributed by atoms with Crippen molar-refractivity contribution >= 4 is 16.9 Å². The molecule has 4 heteroatoms. The Balaban J connectivity index is 2.17. The third-order valence-electron chi connectivity index (χ3n) is 4.72. The first-order valence-corrected chi connectivity index (χ1v) is 9.44. The molecule has 0 atom stereocenters. The topological polar surface area (TPSA) is 59.0 Å². The summed E-state index contributed by atoms with van der Waals surface area (Å²) >= 11 is 1.78. The summed E-state index contributed by atoms with van der Waals surface area (Å²) < 4.78 is 5.85. The number of nitrogens with zero attached hydrogens (tertiary/aromatic N) is 1. The molecule has 0 spiro atoms. The molecule has 0 amide bonds. The summed E-state index contributed by atoms with van der Waals surface area (Å²) in [5.41, 5.74) is 9.73. The molecule has 0 unspecified atom stereocenters. The molecule has 0 fully saturated rings. The lowest BCUT2D eigenvalue weighted by Gasteiger charge is -2.30. The fourth-order valence-electron chi connectivity index (χ4n) is 3.43. The SMILES string of the molecule is C=C(C#N)c1c(-c2ccccc2OCCN)sc2c1CC(C)(C)CC2. The largest absolute Gasteiger partial charge is 0.492 e. The fourth-order valence-corrected chi connectivity index (χ4v) is 4.81. The van der Waals surface area contributed by atoms with Crippen LogP contribution in [0.15, 0.2) is 30.8 Å². The summed E-state index contributed by atoms with van der Waals surface area (Å²) in [7, 11) is 0. The molecule has 3 nitrogen and oxygen atoms in total. The van der Waals surface area contributed by atoms with Gasteiger partial charge in [-0.3, -0.25) is 0 Å². The van der Waals surface area contributed by atoms with Crippen LogP contribution in [0.3, 0.4) is 0 Å². The number of nitriles is 1. The summed E-state index contributed by atoms with van der Waals surface area (Å²) in [6.07, 6.45) is 3.22. The fraction of sp³-hybridized carbons (Fsp3) is 0.381. The second-order valence-electron chi connectivity index (χ2n) is 7.27. The number of hydrogen-bond acceptors (Lipinski definition) is 4. The normalized spacial score (nSPS) is 15.3. The van der Waals surface area contributed by atoms with Crippen LogP contribution >= 0.6 is 11.3 Å². The van der Waals surface area contributed by atoms with E-state index in [1.807, 2.05) is 18.2 Å². The number of nitrogens with two attached hydrogens (primary N) is 1. The first kappa shape index (κ1) is 17.7. The third kappa shape index (κ3) is 3.49. The zero-order valence-corrected chi connectivity index (χ0v) is 15.7. The Hall–Kier alpha value is -2.09. The molecule has 0 radical (unpaired) electrons. The average molecular weight is 353 g/mol. The number of ether oxygens (including phenoxy) is 1. The van der Waals surface area contributed by atoms with Crippen LogP contribution in [0.2, 0.25) is 0 Å². The Morgan fingerprint density at radius 1 is 1.40 bits per heavy atom. The van der Waals surface area contributed by atoms with E-state index in [-0.39, 0.29) is 5.41 Å². The molecule has 1 aliphatic carbocycles. The molecule has 3 rings (SSSR count). The van der Waals surface area contributed by atoms with Gasteiger partial charge in [0.1, 0.15) is 12.4 Å². The molecule has 2 N–H and O–H groups in total. The number of rotatable bonds is 5. The monoisotopic (exact) mass is 352 g/mol. The lowest BCUT2D eigenvalue weighted by molar-refractivity contribution is 0.317. The maximum absolute atomic E-state index is 9.53. The first-order chi connectivity index (χ1) is 12.0. The summed E-state index contributed by atoms with van der Waals surface area (Å²) in [6.45, 7) is 9.58. The van der Waals surface area contributed by atoms with Crippen LogP contribution < -0.4 is 10.5 Å². The van der Waals surface area contributed by atoms with Crippen molar-refractivity contribution in [2.24, 2.45) is 11.1 Å². The number of thiophene rings is 1. The number of benzene rings is 1. The van der Waals surface area contributed by atoms with E-state index in [0.29, 0.717) is 18.7 Å². The van der Waals surface area contributed by atoms with Crippen molar-refractivity contribution in [2.75, 3.05) is 13.2 Å². The molecule has 130 valence electrons. The maximum Gasteiger partial charge on any atom is 0.128 e. The predicted octanol–water partition coefficient (Wildman–Crippen LogP) is 4.80. The Morgan fingerprint density at radius 3 is 2.88 bits per heavy atom. The van der Waals surface area contributed by atoms with Gasteiger partial charge in [0.25, 0.3) is 0 Å². The van der Waals surface area contributed by atoms with Gasteiger partial charge < -0.3 is 10.5 Å². The average Bonchev–Trinajstić information content (AvgIpc) is 2.96. The predicted molar refractivity (Wildman–Crippen MR) is 105 cm³/mol. The minimum atomic E-state index is 0.255. The Labute approximate surface area is 153 Å². The van der Waals surface area contributed by atoms with Gasteiger partial charge in [-0.05, 0) is 42.4 Å². The van der Waals surface area contributed by atoms with Gasteiger partial charge in [0.15, 0.2) is 0 Å². The molecular weight excluding hydrogens is 328 g/mol. The molecule has 2 aromatic rings. The highest BCUT2D eigenvalue weighted by Gasteiger charge is 2.32. The Bertz CT molecular complexity index is 842. The van der Waals surface area contributed by atoms with E-state index >= 15 is 0 Å². The quantitative estimate of drug-likeness (QED) is 0.786. The summed E-state index contributed by atoms with van der Waals surface area (Å²) in [4.78, 5) is 2.48. The number of hydrogen-bond donors (Lipinski definition) is 1. The van der Waals surface area contributed by atoms with Gasteiger partial charge in [-0.25, -0.2) is 0 Å². The van der Waals surface area contributed by atoms with Crippen molar-refractivity contribution in [3.05, 3.63) is 46.8 Å². The molecule has 25 heavy (non-hydrogen) atoms. The van der Waals surface area contributed by atoms with E-state index in [9.17, 15) is 5.26 Å². The van der Waals surface area contributed by atoms with Crippen molar-refractivity contribution in [1.82, 2.24) is 0 Å². The molecule has 1 aromatic heterocycles. The minimum absolute atomic E-state index is 0.255. The molecule has 0 saturated heterocycles. The standard InChI is InChI=1S/C21H24N2OS/c1-14(13-23)19-16-12-21(2,3)9-8-18(16)25-20(19)15-6-4-5-7-17(15)24-11-10-22/h4-7H,1,8-12,22H2,2-3H3. The van der Waals surface area contributed by atoms with E-state index in [1.54, 1.807) is 11.3 Å². The summed E-state index contributed by atoms with van der Waals surface area (Å²) in [5.74, 6) is 0.817. The van der Waals surface area contributed by atoms with Gasteiger partial charge in [-0.15, -0.1) is 11.3 Å². The van der Waals surface area contributed by atoms with Crippen molar-refractivity contribution in [1.29, 1.82) is 5.26 Å². The molecule has 0 aliphatic heterocycles. The second kappa shape index (κ2) is 7.03. The molecule has 0 bridgehead atoms. The van der Waals surface area contributed by atoms with Crippen LogP contribution in [0.4, 0.5) is 0 Å². The van der Waals surface area contributed by atoms with Crippen LogP contribution in [0.5, 0.6) is 5.75 Å². The van der Waals surface area contributed by atoms with E-state index < -0.39 is 0 Å². The van der Waals surface area contributed by atoms with Crippen molar-refractivity contribution in [2.45, 2.75) is 33.1 Å². The Kier molecular flexibility index (Phi) is 4.99. The zero-order valence-electron chi connectivity index (χ0n) is 14.9. The molecule has 1 aliphatic rings.